The summed E-state index contributed by atoms with van der Waals surface area (Å²) in [5.41, 5.74) is -0.0523. The van der Waals surface area contributed by atoms with Gasteiger partial charge in [-0.1, -0.05) is 26.0 Å². The number of nitrogens with zero attached hydrogens (tertiary/aromatic N) is 1. The second-order valence-corrected chi connectivity index (χ2v) is 6.67. The summed E-state index contributed by atoms with van der Waals surface area (Å²) in [6, 6.07) is 4.83. The minimum absolute atomic E-state index is 0.106. The van der Waals surface area contributed by atoms with Gasteiger partial charge in [0.25, 0.3) is 0 Å². The molecule has 4 nitrogen and oxygen atoms in total. The van der Waals surface area contributed by atoms with Gasteiger partial charge in [-0.2, -0.15) is 13.2 Å². The monoisotopic (exact) mass is 357 g/mol. The standard InChI is InChI=1S/C18H22F3NO3/c1-3-13(8-12-4-6-14(7-5-12)18(19,20)21)16(23)22-9-11(2)15(10-22)17(24)25/h4-7,11,13,15H,3,8-10H2,1-2H3,(H,24,25)/t11-,13?,15-/m1/s1. The highest BCUT2D eigenvalue weighted by Gasteiger charge is 2.38. The minimum Gasteiger partial charge on any atom is -0.481 e. The maximum absolute atomic E-state index is 12.7. The molecule has 0 spiro atoms. The Morgan fingerprint density at radius 2 is 1.84 bits per heavy atom. The Morgan fingerprint density at radius 3 is 2.28 bits per heavy atom. The number of halogens is 3. The third-order valence-electron chi connectivity index (χ3n) is 4.85. The van der Waals surface area contributed by atoms with Crippen LogP contribution in [0.2, 0.25) is 0 Å². The van der Waals surface area contributed by atoms with Crippen LogP contribution in [0, 0.1) is 17.8 Å². The fraction of sp³-hybridized carbons (Fsp3) is 0.556. The van der Waals surface area contributed by atoms with Crippen LogP contribution >= 0.6 is 0 Å². The lowest BCUT2D eigenvalue weighted by atomic mass is 9.95. The summed E-state index contributed by atoms with van der Waals surface area (Å²) < 4.78 is 37.8. The molecule has 1 aliphatic rings. The van der Waals surface area contributed by atoms with E-state index in [2.05, 4.69) is 0 Å². The van der Waals surface area contributed by atoms with Gasteiger partial charge in [0.15, 0.2) is 0 Å². The van der Waals surface area contributed by atoms with Gasteiger partial charge in [-0.25, -0.2) is 0 Å². The maximum atomic E-state index is 12.7. The molecule has 1 N–H and O–H groups in total. The van der Waals surface area contributed by atoms with Crippen molar-refractivity contribution in [1.29, 1.82) is 0 Å². The number of aliphatic carboxylic acids is 1. The molecule has 138 valence electrons. The van der Waals surface area contributed by atoms with Crippen LogP contribution < -0.4 is 0 Å². The third kappa shape index (κ3) is 4.52. The van der Waals surface area contributed by atoms with Crippen molar-refractivity contribution in [3.63, 3.8) is 0 Å². The van der Waals surface area contributed by atoms with Crippen LogP contribution in [-0.4, -0.2) is 35.0 Å². The smallest absolute Gasteiger partial charge is 0.416 e. The first kappa shape index (κ1) is 19.3. The molecule has 0 bridgehead atoms. The van der Waals surface area contributed by atoms with Gasteiger partial charge in [0.05, 0.1) is 11.5 Å². The zero-order valence-corrected chi connectivity index (χ0v) is 14.2. The van der Waals surface area contributed by atoms with E-state index in [0.29, 0.717) is 24.9 Å². The van der Waals surface area contributed by atoms with Gasteiger partial charge < -0.3 is 10.0 Å². The highest BCUT2D eigenvalue weighted by Crippen LogP contribution is 2.30. The summed E-state index contributed by atoms with van der Waals surface area (Å²) >= 11 is 0. The number of carbonyl (C=O) groups excluding carboxylic acids is 1. The van der Waals surface area contributed by atoms with Crippen molar-refractivity contribution in [2.45, 2.75) is 32.9 Å². The molecule has 1 amide bonds. The normalized spacial score (nSPS) is 22.0. The summed E-state index contributed by atoms with van der Waals surface area (Å²) in [5, 5.41) is 9.18. The number of benzene rings is 1. The molecule has 1 saturated heterocycles. The first-order valence-corrected chi connectivity index (χ1v) is 8.31. The molecule has 0 saturated carbocycles. The molecule has 1 unspecified atom stereocenters. The van der Waals surface area contributed by atoms with Gasteiger partial charge in [-0.3, -0.25) is 9.59 Å². The van der Waals surface area contributed by atoms with Crippen molar-refractivity contribution >= 4 is 11.9 Å². The number of amides is 1. The van der Waals surface area contributed by atoms with E-state index in [4.69, 9.17) is 0 Å². The topological polar surface area (TPSA) is 57.6 Å². The molecular formula is C18H22F3NO3. The summed E-state index contributed by atoms with van der Waals surface area (Å²) in [7, 11) is 0. The third-order valence-corrected chi connectivity index (χ3v) is 4.85. The summed E-state index contributed by atoms with van der Waals surface area (Å²) in [5.74, 6) is -2.06. The van der Waals surface area contributed by atoms with E-state index in [-0.39, 0.29) is 24.3 Å². The highest BCUT2D eigenvalue weighted by molar-refractivity contribution is 5.81. The van der Waals surface area contributed by atoms with Crippen molar-refractivity contribution in [3.05, 3.63) is 35.4 Å². The summed E-state index contributed by atoms with van der Waals surface area (Å²) in [6.45, 7) is 4.25. The Bertz CT molecular complexity index is 627. The number of carbonyl (C=O) groups is 2. The quantitative estimate of drug-likeness (QED) is 0.878. The first-order chi connectivity index (χ1) is 11.6. The number of hydrogen-bond donors (Lipinski definition) is 1. The fourth-order valence-corrected chi connectivity index (χ4v) is 3.25. The van der Waals surface area contributed by atoms with Crippen LogP contribution in [0.15, 0.2) is 24.3 Å². The Morgan fingerprint density at radius 1 is 1.24 bits per heavy atom. The molecule has 0 radical (unpaired) electrons. The van der Waals surface area contributed by atoms with E-state index in [0.717, 1.165) is 12.1 Å². The van der Waals surface area contributed by atoms with Crippen LogP contribution in [0.3, 0.4) is 0 Å². The average Bonchev–Trinajstić information content (AvgIpc) is 2.93. The lowest BCUT2D eigenvalue weighted by Crippen LogP contribution is -2.36. The van der Waals surface area contributed by atoms with Gasteiger partial charge in [0, 0.05) is 19.0 Å². The van der Waals surface area contributed by atoms with Crippen LogP contribution in [0.25, 0.3) is 0 Å². The molecule has 1 aromatic rings. The molecular weight excluding hydrogens is 335 g/mol. The minimum atomic E-state index is -4.38. The zero-order chi connectivity index (χ0) is 18.8. The maximum Gasteiger partial charge on any atom is 0.416 e. The molecule has 7 heteroatoms. The van der Waals surface area contributed by atoms with Gasteiger partial charge >= 0.3 is 12.1 Å². The Labute approximate surface area is 144 Å². The van der Waals surface area contributed by atoms with Crippen molar-refractivity contribution in [2.24, 2.45) is 17.8 Å². The second-order valence-electron chi connectivity index (χ2n) is 6.67. The fourth-order valence-electron chi connectivity index (χ4n) is 3.25. The molecule has 25 heavy (non-hydrogen) atoms. The van der Waals surface area contributed by atoms with E-state index in [9.17, 15) is 27.9 Å². The lowest BCUT2D eigenvalue weighted by Gasteiger charge is -2.23. The predicted molar refractivity (Wildman–Crippen MR) is 85.8 cm³/mol. The Kier molecular flexibility index (Phi) is 5.75. The average molecular weight is 357 g/mol. The molecule has 1 heterocycles. The molecule has 1 aromatic carbocycles. The molecule has 2 rings (SSSR count). The molecule has 3 atom stereocenters. The van der Waals surface area contributed by atoms with Crippen molar-refractivity contribution in [2.75, 3.05) is 13.1 Å². The van der Waals surface area contributed by atoms with Crippen molar-refractivity contribution < 1.29 is 27.9 Å². The van der Waals surface area contributed by atoms with Crippen LogP contribution in [-0.2, 0) is 22.2 Å². The predicted octanol–water partition coefficient (Wildman–Crippen LogP) is 3.45. The van der Waals surface area contributed by atoms with Gasteiger partial charge in [-0.05, 0) is 36.5 Å². The number of alkyl halides is 3. The number of carboxylic acid groups (broad SMARTS) is 1. The number of carboxylic acids is 1. The largest absolute Gasteiger partial charge is 0.481 e. The number of likely N-dealkylation sites (tertiary alicyclic amines) is 1. The molecule has 1 fully saturated rings. The summed E-state index contributed by atoms with van der Waals surface area (Å²) in [6.07, 6.45) is -3.49. The molecule has 0 aromatic heterocycles. The van der Waals surface area contributed by atoms with Gasteiger partial charge in [0.1, 0.15) is 0 Å². The summed E-state index contributed by atoms with van der Waals surface area (Å²) in [4.78, 5) is 25.4. The van der Waals surface area contributed by atoms with Crippen molar-refractivity contribution in [3.8, 4) is 0 Å². The Balaban J connectivity index is 2.05. The van der Waals surface area contributed by atoms with Crippen LogP contribution in [0.1, 0.15) is 31.4 Å². The first-order valence-electron chi connectivity index (χ1n) is 8.31. The van der Waals surface area contributed by atoms with E-state index >= 15 is 0 Å². The van der Waals surface area contributed by atoms with Crippen molar-refractivity contribution in [1.82, 2.24) is 4.90 Å². The highest BCUT2D eigenvalue weighted by atomic mass is 19.4. The Hall–Kier alpha value is -2.05. The molecule has 0 aliphatic carbocycles. The number of rotatable bonds is 5. The van der Waals surface area contributed by atoms with Crippen LogP contribution in [0.5, 0.6) is 0 Å². The van der Waals surface area contributed by atoms with Gasteiger partial charge in [0.2, 0.25) is 5.91 Å². The number of hydrogen-bond acceptors (Lipinski definition) is 2. The zero-order valence-electron chi connectivity index (χ0n) is 14.2. The molecule has 1 aliphatic heterocycles. The van der Waals surface area contributed by atoms with E-state index in [1.807, 2.05) is 13.8 Å². The lowest BCUT2D eigenvalue weighted by molar-refractivity contribution is -0.142. The van der Waals surface area contributed by atoms with Gasteiger partial charge in [-0.15, -0.1) is 0 Å². The SMILES string of the molecule is CCC(Cc1ccc(C(F)(F)F)cc1)C(=O)N1C[C@@H](C)[C@H](C(=O)O)C1. The van der Waals surface area contributed by atoms with Crippen LogP contribution in [0.4, 0.5) is 13.2 Å². The van der Waals surface area contributed by atoms with E-state index < -0.39 is 23.6 Å². The second kappa shape index (κ2) is 7.45. The van der Waals surface area contributed by atoms with E-state index in [1.54, 1.807) is 4.90 Å². The van der Waals surface area contributed by atoms with E-state index in [1.165, 1.54) is 12.1 Å².